The minimum Gasteiger partial charge on any atom is -0.507 e. The summed E-state index contributed by atoms with van der Waals surface area (Å²) >= 11 is 0. The molecule has 1 aromatic heterocycles. The minimum absolute atomic E-state index is 0.116. The second kappa shape index (κ2) is 3.28. The van der Waals surface area contributed by atoms with E-state index in [9.17, 15) is 5.11 Å². The van der Waals surface area contributed by atoms with E-state index in [1.54, 1.807) is 12.1 Å². The number of aromatic nitrogens is 1. The van der Waals surface area contributed by atoms with Gasteiger partial charge < -0.3 is 15.4 Å². The SMILES string of the molecule is [2H]C1([2H])NC([2H])([2H])[C@]([2H])(c2c[nH]c3cccc(O)c23)C1([2H])[2H]. The van der Waals surface area contributed by atoms with E-state index in [1.807, 2.05) is 5.32 Å². The monoisotopic (exact) mass is 209 g/mol. The summed E-state index contributed by atoms with van der Waals surface area (Å²) in [7, 11) is 0. The topological polar surface area (TPSA) is 48.0 Å². The molecule has 0 radical (unpaired) electrons. The molecule has 3 heteroatoms. The molecule has 1 atom stereocenters. The molecule has 0 unspecified atom stereocenters. The molecule has 3 rings (SSSR count). The maximum atomic E-state index is 10.0. The van der Waals surface area contributed by atoms with Crippen molar-refractivity contribution in [3.05, 3.63) is 30.0 Å². The molecule has 0 bridgehead atoms. The molecule has 1 saturated heterocycles. The van der Waals surface area contributed by atoms with E-state index in [0.717, 1.165) is 0 Å². The van der Waals surface area contributed by atoms with E-state index >= 15 is 0 Å². The normalized spacial score (nSPS) is 43.1. The van der Waals surface area contributed by atoms with Gasteiger partial charge in [0, 0.05) is 33.2 Å². The zero-order valence-electron chi connectivity index (χ0n) is 14.8. The second-order valence-corrected chi connectivity index (χ2v) is 3.28. The van der Waals surface area contributed by atoms with Crippen LogP contribution < -0.4 is 5.32 Å². The summed E-state index contributed by atoms with van der Waals surface area (Å²) in [6, 6.07) is 4.51. The minimum atomic E-state index is -2.87. The summed E-state index contributed by atoms with van der Waals surface area (Å²) in [6.45, 7) is -5.43. The van der Waals surface area contributed by atoms with Gasteiger partial charge in [0.1, 0.15) is 5.75 Å². The Labute approximate surface area is 98.0 Å². The van der Waals surface area contributed by atoms with Gasteiger partial charge in [-0.15, -0.1) is 0 Å². The Bertz CT molecular complexity index is 757. The summed E-state index contributed by atoms with van der Waals surface area (Å²) in [6.07, 6.45) is -1.63. The van der Waals surface area contributed by atoms with Gasteiger partial charge in [-0.05, 0) is 36.5 Å². The molecule has 78 valence electrons. The van der Waals surface area contributed by atoms with Crippen LogP contribution in [0.4, 0.5) is 0 Å². The van der Waals surface area contributed by atoms with E-state index < -0.39 is 25.3 Å². The second-order valence-electron chi connectivity index (χ2n) is 3.28. The van der Waals surface area contributed by atoms with E-state index in [0.29, 0.717) is 5.52 Å². The van der Waals surface area contributed by atoms with Gasteiger partial charge in [0.25, 0.3) is 0 Å². The van der Waals surface area contributed by atoms with Crippen molar-refractivity contribution in [3.8, 4) is 5.75 Å². The average Bonchev–Trinajstić information content (AvgIpc) is 2.84. The predicted octanol–water partition coefficient (Wildman–Crippen LogP) is 1.95. The molecule has 3 N–H and O–H groups in total. The first-order valence-electron chi connectivity index (χ1n) is 8.04. The number of fused-ring (bicyclic) bond motifs is 1. The summed E-state index contributed by atoms with van der Waals surface area (Å²) in [5.74, 6) is -2.82. The average molecular weight is 209 g/mol. The lowest BCUT2D eigenvalue weighted by Crippen LogP contribution is -2.07. The summed E-state index contributed by atoms with van der Waals surface area (Å²) in [5, 5.41) is 12.1. The highest BCUT2D eigenvalue weighted by Gasteiger charge is 2.20. The molecule has 0 aliphatic carbocycles. The van der Waals surface area contributed by atoms with Crippen LogP contribution in [0.3, 0.4) is 0 Å². The van der Waals surface area contributed by atoms with Gasteiger partial charge in [-0.3, -0.25) is 0 Å². The highest BCUT2D eigenvalue weighted by molar-refractivity contribution is 5.89. The fourth-order valence-corrected chi connectivity index (χ4v) is 1.72. The van der Waals surface area contributed by atoms with Crippen molar-refractivity contribution in [1.82, 2.24) is 10.3 Å². The molecule has 2 aromatic rings. The number of phenolic OH excluding ortho intramolecular Hbond substituents is 1. The third-order valence-corrected chi connectivity index (χ3v) is 2.39. The summed E-state index contributed by atoms with van der Waals surface area (Å²) in [5.41, 5.74) is 0.283. The zero-order chi connectivity index (χ0) is 16.6. The van der Waals surface area contributed by atoms with E-state index in [1.165, 1.54) is 12.3 Å². The van der Waals surface area contributed by atoms with Crippen LogP contribution in [0.5, 0.6) is 5.75 Å². The van der Waals surface area contributed by atoms with Crippen LogP contribution >= 0.6 is 0 Å². The first kappa shape index (κ1) is 4.18. The fourth-order valence-electron chi connectivity index (χ4n) is 1.72. The van der Waals surface area contributed by atoms with Crippen LogP contribution in [0.25, 0.3) is 10.9 Å². The highest BCUT2D eigenvalue weighted by Crippen LogP contribution is 2.34. The number of benzene rings is 1. The largest absolute Gasteiger partial charge is 0.507 e. The third-order valence-electron chi connectivity index (χ3n) is 2.39. The smallest absolute Gasteiger partial charge is 0.125 e. The molecule has 3 nitrogen and oxygen atoms in total. The maximum Gasteiger partial charge on any atom is 0.125 e. The number of hydrogen-bond acceptors (Lipinski definition) is 2. The van der Waals surface area contributed by atoms with Crippen molar-refractivity contribution in [1.29, 1.82) is 0 Å². The van der Waals surface area contributed by atoms with Crippen LogP contribution in [0, 0.1) is 0 Å². The van der Waals surface area contributed by atoms with E-state index in [4.69, 9.17) is 9.60 Å². The number of aromatic hydroxyl groups is 1. The lowest BCUT2D eigenvalue weighted by molar-refractivity contribution is 0.481. The molecule has 0 amide bonds. The van der Waals surface area contributed by atoms with Gasteiger partial charge in [0.2, 0.25) is 0 Å². The van der Waals surface area contributed by atoms with Gasteiger partial charge >= 0.3 is 0 Å². The van der Waals surface area contributed by atoms with Crippen molar-refractivity contribution >= 4 is 10.9 Å². The van der Waals surface area contributed by atoms with Gasteiger partial charge in [-0.25, -0.2) is 0 Å². The van der Waals surface area contributed by atoms with Crippen LogP contribution in [-0.4, -0.2) is 23.1 Å². The lowest BCUT2D eigenvalue weighted by atomic mass is 9.97. The molecular formula is C12H14N2O. The molecule has 1 aromatic carbocycles. The first-order valence-corrected chi connectivity index (χ1v) is 4.54. The van der Waals surface area contributed by atoms with Crippen LogP contribution in [0.1, 0.15) is 27.4 Å². The molecule has 1 fully saturated rings. The fraction of sp³-hybridized carbons (Fsp3) is 0.333. The van der Waals surface area contributed by atoms with E-state index in [2.05, 4.69) is 4.98 Å². The van der Waals surface area contributed by atoms with Crippen molar-refractivity contribution in [2.45, 2.75) is 12.3 Å². The van der Waals surface area contributed by atoms with Crippen LogP contribution in [0.15, 0.2) is 24.4 Å². The Morgan fingerprint density at radius 2 is 2.47 bits per heavy atom. The number of phenols is 1. The van der Waals surface area contributed by atoms with Crippen molar-refractivity contribution in [3.63, 3.8) is 0 Å². The van der Waals surface area contributed by atoms with E-state index in [-0.39, 0.29) is 16.7 Å². The van der Waals surface area contributed by atoms with Gasteiger partial charge in [0.15, 0.2) is 0 Å². The van der Waals surface area contributed by atoms with Crippen molar-refractivity contribution < 1.29 is 14.7 Å². The zero-order valence-corrected chi connectivity index (χ0v) is 7.76. The summed E-state index contributed by atoms with van der Waals surface area (Å²) < 4.78 is 55.9. The Morgan fingerprint density at radius 3 is 3.27 bits per heavy atom. The van der Waals surface area contributed by atoms with Crippen molar-refractivity contribution in [2.75, 3.05) is 13.0 Å². The third kappa shape index (κ3) is 1.31. The van der Waals surface area contributed by atoms with Crippen LogP contribution in [-0.2, 0) is 0 Å². The number of hydrogen-bond donors (Lipinski definition) is 3. The number of aromatic amines is 1. The number of nitrogens with one attached hydrogen (secondary N) is 2. The highest BCUT2D eigenvalue weighted by atomic mass is 16.3. The molecule has 0 saturated carbocycles. The molecular weight excluding hydrogens is 188 g/mol. The lowest BCUT2D eigenvalue weighted by Gasteiger charge is -2.07. The molecule has 0 spiro atoms. The first-order chi connectivity index (χ1) is 9.96. The Morgan fingerprint density at radius 1 is 1.53 bits per heavy atom. The Balaban J connectivity index is 2.37. The van der Waals surface area contributed by atoms with Crippen molar-refractivity contribution in [2.24, 2.45) is 0 Å². The maximum absolute atomic E-state index is 10.0. The van der Waals surface area contributed by atoms with Crippen LogP contribution in [0.2, 0.25) is 0 Å². The predicted molar refractivity (Wildman–Crippen MR) is 60.2 cm³/mol. The van der Waals surface area contributed by atoms with Gasteiger partial charge in [0.05, 0.1) is 0 Å². The summed E-state index contributed by atoms with van der Waals surface area (Å²) in [4.78, 5) is 2.77. The number of rotatable bonds is 1. The number of H-pyrrole nitrogens is 1. The quantitative estimate of drug-likeness (QED) is 0.672. The Kier molecular flexibility index (Phi) is 0.913. The van der Waals surface area contributed by atoms with Gasteiger partial charge in [-0.2, -0.15) is 0 Å². The molecule has 15 heavy (non-hydrogen) atoms. The van der Waals surface area contributed by atoms with Gasteiger partial charge in [-0.1, -0.05) is 6.07 Å². The standard InChI is InChI=1S/C12H14N2O/c15-11-3-1-2-10-12(11)9(7-14-10)8-4-5-13-6-8/h1-3,7-8,13-15H,4-6H2/t8-/m1/s1/i4D2,5D2,6D2,8D. The molecule has 1 aliphatic rings. The Hall–Kier alpha value is -1.48. The molecule has 1 aliphatic heterocycles. The molecule has 2 heterocycles.